The average Bonchev–Trinajstić information content (AvgIpc) is 3.45. The van der Waals surface area contributed by atoms with E-state index in [1.807, 2.05) is 77.1 Å². The van der Waals surface area contributed by atoms with E-state index in [0.717, 1.165) is 55.8 Å². The summed E-state index contributed by atoms with van der Waals surface area (Å²) in [5.41, 5.74) is 10.7. The van der Waals surface area contributed by atoms with Crippen molar-refractivity contribution in [1.29, 1.82) is 0 Å². The SMILES string of the molecule is COc1ccc(/C=N/NC(=O)C2CCN(S(=O)(=O)c3c(C)c(C)c(C)c(C)c3C)CC2)cc1CSc1nc2ccccc2o1. The zero-order valence-electron chi connectivity index (χ0n) is 25.9. The van der Waals surface area contributed by atoms with E-state index >= 15 is 0 Å². The van der Waals surface area contributed by atoms with Crippen LogP contribution in [0.5, 0.6) is 5.75 Å². The quantitative estimate of drug-likeness (QED) is 0.132. The Morgan fingerprint density at radius 3 is 2.36 bits per heavy atom. The average molecular weight is 635 g/mol. The zero-order chi connectivity index (χ0) is 31.6. The molecule has 1 aromatic heterocycles. The van der Waals surface area contributed by atoms with Crippen molar-refractivity contribution >= 4 is 45.0 Å². The molecule has 1 saturated heterocycles. The lowest BCUT2D eigenvalue weighted by molar-refractivity contribution is -0.126. The van der Waals surface area contributed by atoms with Crippen LogP contribution in [0.15, 0.2) is 62.1 Å². The molecule has 5 rings (SSSR count). The summed E-state index contributed by atoms with van der Waals surface area (Å²) in [6, 6.07) is 13.3. The lowest BCUT2D eigenvalue weighted by atomic mass is 9.95. The topological polar surface area (TPSA) is 114 Å². The van der Waals surface area contributed by atoms with Gasteiger partial charge in [-0.15, -0.1) is 0 Å². The second kappa shape index (κ2) is 13.1. The van der Waals surface area contributed by atoms with Gasteiger partial charge in [0.2, 0.25) is 15.9 Å². The molecule has 232 valence electrons. The van der Waals surface area contributed by atoms with Gasteiger partial charge in [0.25, 0.3) is 5.22 Å². The van der Waals surface area contributed by atoms with Crippen LogP contribution in [0.2, 0.25) is 0 Å². The molecule has 0 spiro atoms. The van der Waals surface area contributed by atoms with Crippen molar-refractivity contribution in [2.45, 2.75) is 63.3 Å². The number of oxazole rings is 1. The molecule has 1 amide bonds. The summed E-state index contributed by atoms with van der Waals surface area (Å²) in [6.45, 7) is 10.3. The molecule has 2 heterocycles. The molecule has 9 nitrogen and oxygen atoms in total. The van der Waals surface area contributed by atoms with E-state index in [1.165, 1.54) is 16.1 Å². The van der Waals surface area contributed by atoms with Crippen molar-refractivity contribution in [3.05, 3.63) is 81.4 Å². The summed E-state index contributed by atoms with van der Waals surface area (Å²) in [5.74, 6) is 0.777. The van der Waals surface area contributed by atoms with E-state index in [4.69, 9.17) is 9.15 Å². The fourth-order valence-corrected chi connectivity index (χ4v) is 8.49. The minimum absolute atomic E-state index is 0.215. The number of nitrogens with zero attached hydrogens (tertiary/aromatic N) is 3. The molecule has 0 saturated carbocycles. The molecule has 1 aliphatic rings. The van der Waals surface area contributed by atoms with Crippen LogP contribution in [0.1, 0.15) is 51.8 Å². The predicted molar refractivity (Wildman–Crippen MR) is 174 cm³/mol. The number of methoxy groups -OCH3 is 1. The van der Waals surface area contributed by atoms with Gasteiger partial charge in [0.15, 0.2) is 5.58 Å². The van der Waals surface area contributed by atoms with E-state index in [9.17, 15) is 13.2 Å². The maximum absolute atomic E-state index is 13.7. The van der Waals surface area contributed by atoms with Crippen molar-refractivity contribution in [3.8, 4) is 5.75 Å². The number of carbonyl (C=O) groups is 1. The van der Waals surface area contributed by atoms with Gasteiger partial charge < -0.3 is 9.15 Å². The standard InChI is InChI=1S/C33H38N4O5S2/c1-20-21(2)23(4)31(24(5)22(20)3)44(39,40)37-15-13-26(14-16-37)32(38)36-34-18-25-11-12-29(41-6)27(17-25)19-43-33-35-28-9-7-8-10-30(28)42-33/h7-12,17-18,26H,13-16,19H2,1-6H3,(H,36,38)/b34-18+. The number of sulfonamides is 1. The van der Waals surface area contributed by atoms with Crippen LogP contribution in [-0.2, 0) is 20.6 Å². The first kappa shape index (κ1) is 31.7. The number of nitrogens with one attached hydrogen (secondary N) is 1. The van der Waals surface area contributed by atoms with Crippen molar-refractivity contribution in [3.63, 3.8) is 0 Å². The number of hydrogen-bond donors (Lipinski definition) is 1. The minimum Gasteiger partial charge on any atom is -0.496 e. The molecule has 0 bridgehead atoms. The predicted octanol–water partition coefficient (Wildman–Crippen LogP) is 6.22. The number of hydrogen-bond acceptors (Lipinski definition) is 8. The van der Waals surface area contributed by atoms with Gasteiger partial charge in [0.05, 0.1) is 18.2 Å². The minimum atomic E-state index is -3.68. The molecule has 0 aliphatic carbocycles. The van der Waals surface area contributed by atoms with E-state index < -0.39 is 10.0 Å². The smallest absolute Gasteiger partial charge is 0.257 e. The Morgan fingerprint density at radius 2 is 1.70 bits per heavy atom. The number of aromatic nitrogens is 1. The molecule has 0 unspecified atom stereocenters. The molecular weight excluding hydrogens is 597 g/mol. The molecule has 11 heteroatoms. The summed E-state index contributed by atoms with van der Waals surface area (Å²) >= 11 is 1.47. The third-order valence-corrected chi connectivity index (χ3v) is 11.7. The van der Waals surface area contributed by atoms with Crippen molar-refractivity contribution in [2.75, 3.05) is 20.2 Å². The molecule has 1 aliphatic heterocycles. The highest BCUT2D eigenvalue weighted by molar-refractivity contribution is 7.98. The molecule has 4 aromatic rings. The Balaban J connectivity index is 1.18. The third-order valence-electron chi connectivity index (χ3n) is 8.67. The lowest BCUT2D eigenvalue weighted by Crippen LogP contribution is -2.42. The molecule has 1 fully saturated rings. The van der Waals surface area contributed by atoms with Gasteiger partial charge >= 0.3 is 0 Å². The summed E-state index contributed by atoms with van der Waals surface area (Å²) in [4.78, 5) is 17.8. The molecule has 0 atom stereocenters. The summed E-state index contributed by atoms with van der Waals surface area (Å²) in [5, 5.41) is 4.77. The second-order valence-electron chi connectivity index (χ2n) is 11.2. The highest BCUT2D eigenvalue weighted by Gasteiger charge is 2.34. The number of ether oxygens (including phenoxy) is 1. The Labute approximate surface area is 263 Å². The number of fused-ring (bicyclic) bond motifs is 1. The summed E-state index contributed by atoms with van der Waals surface area (Å²) in [7, 11) is -2.05. The normalized spacial score (nSPS) is 14.9. The van der Waals surface area contributed by atoms with E-state index in [-0.39, 0.29) is 24.9 Å². The number of carbonyl (C=O) groups excluding carboxylic acids is 1. The van der Waals surface area contributed by atoms with Gasteiger partial charge in [-0.05, 0) is 111 Å². The van der Waals surface area contributed by atoms with E-state index in [0.29, 0.717) is 28.7 Å². The number of thioether (sulfide) groups is 1. The number of rotatable bonds is 9. The van der Waals surface area contributed by atoms with Gasteiger partial charge in [-0.2, -0.15) is 9.41 Å². The number of benzene rings is 3. The molecule has 1 N–H and O–H groups in total. The van der Waals surface area contributed by atoms with Crippen LogP contribution in [0.25, 0.3) is 11.1 Å². The fourth-order valence-electron chi connectivity index (χ4n) is 5.65. The number of para-hydroxylation sites is 2. The van der Waals surface area contributed by atoms with E-state index in [1.54, 1.807) is 13.3 Å². The Hall–Kier alpha value is -3.67. The molecular formula is C33H38N4O5S2. The van der Waals surface area contributed by atoms with Gasteiger partial charge in [-0.25, -0.2) is 18.8 Å². The van der Waals surface area contributed by atoms with Crippen LogP contribution < -0.4 is 10.2 Å². The first-order valence-corrected chi connectivity index (χ1v) is 17.0. The van der Waals surface area contributed by atoms with Gasteiger partial charge in [0, 0.05) is 30.3 Å². The van der Waals surface area contributed by atoms with Crippen LogP contribution in [0.4, 0.5) is 0 Å². The Kier molecular flexibility index (Phi) is 9.48. The van der Waals surface area contributed by atoms with Crippen LogP contribution in [0, 0.1) is 40.5 Å². The van der Waals surface area contributed by atoms with Crippen LogP contribution in [0.3, 0.4) is 0 Å². The van der Waals surface area contributed by atoms with Crippen LogP contribution >= 0.6 is 11.8 Å². The highest BCUT2D eigenvalue weighted by atomic mass is 32.2. The first-order valence-electron chi connectivity index (χ1n) is 14.6. The highest BCUT2D eigenvalue weighted by Crippen LogP contribution is 2.34. The van der Waals surface area contributed by atoms with Crippen molar-refractivity contribution < 1.29 is 22.4 Å². The first-order chi connectivity index (χ1) is 21.0. The maximum atomic E-state index is 13.7. The van der Waals surface area contributed by atoms with E-state index in [2.05, 4.69) is 15.5 Å². The van der Waals surface area contributed by atoms with Gasteiger partial charge in [-0.1, -0.05) is 23.9 Å². The van der Waals surface area contributed by atoms with Crippen molar-refractivity contribution in [1.82, 2.24) is 14.7 Å². The lowest BCUT2D eigenvalue weighted by Gasteiger charge is -2.31. The summed E-state index contributed by atoms with van der Waals surface area (Å²) in [6.07, 6.45) is 2.46. The molecule has 0 radical (unpaired) electrons. The Morgan fingerprint density at radius 1 is 1.05 bits per heavy atom. The summed E-state index contributed by atoms with van der Waals surface area (Å²) < 4.78 is 40.2. The zero-order valence-corrected chi connectivity index (χ0v) is 27.6. The van der Waals surface area contributed by atoms with Crippen molar-refractivity contribution in [2.24, 2.45) is 11.0 Å². The number of piperidine rings is 1. The monoisotopic (exact) mass is 634 g/mol. The Bertz CT molecular complexity index is 1780. The van der Waals surface area contributed by atoms with Gasteiger partial charge in [-0.3, -0.25) is 4.79 Å². The number of hydrazone groups is 1. The molecule has 44 heavy (non-hydrogen) atoms. The number of amides is 1. The fraction of sp³-hybridized carbons (Fsp3) is 0.364. The second-order valence-corrected chi connectivity index (χ2v) is 14.0. The molecule has 3 aromatic carbocycles. The third kappa shape index (κ3) is 6.40. The largest absolute Gasteiger partial charge is 0.496 e. The van der Waals surface area contributed by atoms with Gasteiger partial charge in [0.1, 0.15) is 11.3 Å². The maximum Gasteiger partial charge on any atom is 0.257 e. The van der Waals surface area contributed by atoms with Crippen LogP contribution in [-0.4, -0.2) is 50.0 Å².